The molecule has 1 aromatic heterocycles. The van der Waals surface area contributed by atoms with Crippen molar-refractivity contribution in [2.45, 2.75) is 12.8 Å². The fraction of sp³-hybridized carbons (Fsp3) is 0.417. The molecule has 1 unspecified atom stereocenters. The van der Waals surface area contributed by atoms with Crippen molar-refractivity contribution in [3.8, 4) is 0 Å². The Hall–Kier alpha value is -1.09. The van der Waals surface area contributed by atoms with Gasteiger partial charge >= 0.3 is 0 Å². The second-order valence-electron chi connectivity index (χ2n) is 3.92. The SMILES string of the molecule is C=CC1CC(=O)N(CCc2ccsc2)C1. The molecule has 1 amide bonds. The van der Waals surface area contributed by atoms with Gasteiger partial charge in [-0.25, -0.2) is 0 Å². The van der Waals surface area contributed by atoms with E-state index in [9.17, 15) is 4.79 Å². The Labute approximate surface area is 94.2 Å². The lowest BCUT2D eigenvalue weighted by atomic mass is 10.1. The molecule has 1 aliphatic rings. The first-order valence-corrected chi connectivity index (χ1v) is 6.15. The monoisotopic (exact) mass is 221 g/mol. The number of carbonyl (C=O) groups excluding carboxylic acids is 1. The van der Waals surface area contributed by atoms with E-state index in [2.05, 4.69) is 23.4 Å². The van der Waals surface area contributed by atoms with Gasteiger partial charge in [0.25, 0.3) is 0 Å². The van der Waals surface area contributed by atoms with Crippen LogP contribution in [0.15, 0.2) is 29.5 Å². The number of nitrogens with zero attached hydrogens (tertiary/aromatic N) is 1. The van der Waals surface area contributed by atoms with Crippen LogP contribution in [0.4, 0.5) is 0 Å². The third-order valence-electron chi connectivity index (χ3n) is 2.83. The van der Waals surface area contributed by atoms with E-state index < -0.39 is 0 Å². The number of likely N-dealkylation sites (tertiary alicyclic amines) is 1. The average molecular weight is 221 g/mol. The van der Waals surface area contributed by atoms with Gasteiger partial charge in [-0.1, -0.05) is 6.08 Å². The number of thiophene rings is 1. The predicted molar refractivity (Wildman–Crippen MR) is 62.9 cm³/mol. The third-order valence-corrected chi connectivity index (χ3v) is 3.56. The zero-order chi connectivity index (χ0) is 10.7. The van der Waals surface area contributed by atoms with Gasteiger partial charge in [-0.3, -0.25) is 4.79 Å². The van der Waals surface area contributed by atoms with Crippen molar-refractivity contribution in [2.75, 3.05) is 13.1 Å². The minimum absolute atomic E-state index is 0.273. The summed E-state index contributed by atoms with van der Waals surface area (Å²) in [5.41, 5.74) is 1.33. The molecule has 0 bridgehead atoms. The fourth-order valence-corrected chi connectivity index (χ4v) is 2.58. The molecule has 2 heterocycles. The second-order valence-corrected chi connectivity index (χ2v) is 4.70. The van der Waals surface area contributed by atoms with Crippen LogP contribution in [0.3, 0.4) is 0 Å². The highest BCUT2D eigenvalue weighted by atomic mass is 32.1. The van der Waals surface area contributed by atoms with Crippen molar-refractivity contribution in [3.05, 3.63) is 35.0 Å². The molecule has 1 aliphatic heterocycles. The first kappa shape index (κ1) is 10.4. The molecule has 0 N–H and O–H groups in total. The fourth-order valence-electron chi connectivity index (χ4n) is 1.88. The summed E-state index contributed by atoms with van der Waals surface area (Å²) < 4.78 is 0. The number of amides is 1. The van der Waals surface area contributed by atoms with Gasteiger partial charge < -0.3 is 4.90 Å². The van der Waals surface area contributed by atoms with Gasteiger partial charge in [0, 0.05) is 25.4 Å². The maximum atomic E-state index is 11.6. The Morgan fingerprint density at radius 3 is 3.13 bits per heavy atom. The van der Waals surface area contributed by atoms with E-state index in [4.69, 9.17) is 0 Å². The van der Waals surface area contributed by atoms with Crippen LogP contribution >= 0.6 is 11.3 Å². The van der Waals surface area contributed by atoms with Crippen molar-refractivity contribution >= 4 is 17.2 Å². The minimum Gasteiger partial charge on any atom is -0.342 e. The number of carbonyl (C=O) groups is 1. The van der Waals surface area contributed by atoms with Crippen LogP contribution in [0.25, 0.3) is 0 Å². The molecule has 1 fully saturated rings. The first-order valence-electron chi connectivity index (χ1n) is 5.21. The van der Waals surface area contributed by atoms with E-state index in [1.165, 1.54) is 5.56 Å². The highest BCUT2D eigenvalue weighted by Gasteiger charge is 2.26. The smallest absolute Gasteiger partial charge is 0.223 e. The highest BCUT2D eigenvalue weighted by Crippen LogP contribution is 2.19. The maximum absolute atomic E-state index is 11.6. The van der Waals surface area contributed by atoms with Crippen LogP contribution < -0.4 is 0 Å². The largest absolute Gasteiger partial charge is 0.342 e. The maximum Gasteiger partial charge on any atom is 0.223 e. The lowest BCUT2D eigenvalue weighted by Crippen LogP contribution is -2.27. The Morgan fingerprint density at radius 1 is 1.67 bits per heavy atom. The quantitative estimate of drug-likeness (QED) is 0.715. The summed E-state index contributed by atoms with van der Waals surface area (Å²) in [6, 6.07) is 2.12. The topological polar surface area (TPSA) is 20.3 Å². The van der Waals surface area contributed by atoms with Crippen LogP contribution in [0.5, 0.6) is 0 Å². The molecule has 0 aromatic carbocycles. The van der Waals surface area contributed by atoms with Crippen molar-refractivity contribution in [1.82, 2.24) is 4.90 Å². The number of hydrogen-bond donors (Lipinski definition) is 0. The van der Waals surface area contributed by atoms with Gasteiger partial charge in [0.15, 0.2) is 0 Å². The summed E-state index contributed by atoms with van der Waals surface area (Å²) in [6.45, 7) is 5.45. The molecule has 1 aromatic rings. The molecule has 2 nitrogen and oxygen atoms in total. The Morgan fingerprint density at radius 2 is 2.53 bits per heavy atom. The summed E-state index contributed by atoms with van der Waals surface area (Å²) in [7, 11) is 0. The third kappa shape index (κ3) is 2.48. The van der Waals surface area contributed by atoms with Crippen molar-refractivity contribution in [3.63, 3.8) is 0 Å². The van der Waals surface area contributed by atoms with Gasteiger partial charge in [0.05, 0.1) is 0 Å². The lowest BCUT2D eigenvalue weighted by Gasteiger charge is -2.15. The molecule has 1 saturated heterocycles. The molecule has 80 valence electrons. The lowest BCUT2D eigenvalue weighted by molar-refractivity contribution is -0.127. The van der Waals surface area contributed by atoms with E-state index in [1.807, 2.05) is 11.0 Å². The zero-order valence-electron chi connectivity index (χ0n) is 8.69. The normalized spacial score (nSPS) is 20.9. The zero-order valence-corrected chi connectivity index (χ0v) is 9.50. The van der Waals surface area contributed by atoms with E-state index in [0.29, 0.717) is 12.3 Å². The molecule has 0 saturated carbocycles. The first-order chi connectivity index (χ1) is 7.29. The van der Waals surface area contributed by atoms with Gasteiger partial charge in [-0.05, 0) is 28.8 Å². The van der Waals surface area contributed by atoms with E-state index in [-0.39, 0.29) is 5.91 Å². The molecule has 0 radical (unpaired) electrons. The molecule has 2 rings (SSSR count). The molecular formula is C12H15NOS. The Kier molecular flexibility index (Phi) is 3.21. The molecule has 15 heavy (non-hydrogen) atoms. The predicted octanol–water partition coefficient (Wildman–Crippen LogP) is 2.33. The summed E-state index contributed by atoms with van der Waals surface area (Å²) in [4.78, 5) is 13.5. The summed E-state index contributed by atoms with van der Waals surface area (Å²) in [5.74, 6) is 0.634. The van der Waals surface area contributed by atoms with Crippen LogP contribution in [-0.4, -0.2) is 23.9 Å². The minimum atomic E-state index is 0.273. The van der Waals surface area contributed by atoms with Crippen LogP contribution in [0.2, 0.25) is 0 Å². The second kappa shape index (κ2) is 4.62. The van der Waals surface area contributed by atoms with E-state index >= 15 is 0 Å². The Bertz CT molecular complexity index is 345. The van der Waals surface area contributed by atoms with E-state index in [0.717, 1.165) is 19.5 Å². The average Bonchev–Trinajstić information content (AvgIpc) is 2.84. The molecule has 0 spiro atoms. The molecule has 1 atom stereocenters. The van der Waals surface area contributed by atoms with E-state index in [1.54, 1.807) is 11.3 Å². The summed E-state index contributed by atoms with van der Waals surface area (Å²) in [6.07, 6.45) is 3.51. The van der Waals surface area contributed by atoms with Gasteiger partial charge in [-0.15, -0.1) is 6.58 Å². The van der Waals surface area contributed by atoms with Crippen LogP contribution in [0, 0.1) is 5.92 Å². The van der Waals surface area contributed by atoms with Gasteiger partial charge in [0.2, 0.25) is 5.91 Å². The molecule has 0 aliphatic carbocycles. The van der Waals surface area contributed by atoms with Crippen molar-refractivity contribution in [1.29, 1.82) is 0 Å². The summed E-state index contributed by atoms with van der Waals surface area (Å²) >= 11 is 1.71. The van der Waals surface area contributed by atoms with Gasteiger partial charge in [-0.2, -0.15) is 11.3 Å². The number of hydrogen-bond acceptors (Lipinski definition) is 2. The standard InChI is InChI=1S/C12H15NOS/c1-2-10-7-12(14)13(8-10)5-3-11-4-6-15-9-11/h2,4,6,9-10H,1,3,5,7-8H2. The molecular weight excluding hydrogens is 206 g/mol. The summed E-state index contributed by atoms with van der Waals surface area (Å²) in [5, 5.41) is 4.22. The highest BCUT2D eigenvalue weighted by molar-refractivity contribution is 7.07. The van der Waals surface area contributed by atoms with Crippen molar-refractivity contribution < 1.29 is 4.79 Å². The Balaban J connectivity index is 1.85. The van der Waals surface area contributed by atoms with Gasteiger partial charge in [0.1, 0.15) is 0 Å². The number of rotatable bonds is 4. The molecule has 3 heteroatoms. The van der Waals surface area contributed by atoms with Crippen LogP contribution in [0.1, 0.15) is 12.0 Å². The van der Waals surface area contributed by atoms with Crippen molar-refractivity contribution in [2.24, 2.45) is 5.92 Å². The van der Waals surface area contributed by atoms with Crippen LogP contribution in [-0.2, 0) is 11.2 Å².